The highest BCUT2D eigenvalue weighted by Gasteiger charge is 2.45. The summed E-state index contributed by atoms with van der Waals surface area (Å²) in [6, 6.07) is 12.8. The van der Waals surface area contributed by atoms with Gasteiger partial charge in [0.15, 0.2) is 0 Å². The van der Waals surface area contributed by atoms with Crippen LogP contribution in [0.3, 0.4) is 0 Å². The van der Waals surface area contributed by atoms with Crippen LogP contribution < -0.4 is 11.1 Å². The van der Waals surface area contributed by atoms with Gasteiger partial charge in [0.25, 0.3) is 11.8 Å². The number of rotatable bonds is 8. The van der Waals surface area contributed by atoms with Gasteiger partial charge >= 0.3 is 5.76 Å². The third kappa shape index (κ3) is 5.14. The Morgan fingerprint density at radius 2 is 1.83 bits per heavy atom. The molecule has 2 aromatic carbocycles. The van der Waals surface area contributed by atoms with E-state index in [1.165, 1.54) is 35.6 Å². The molecule has 0 saturated carbocycles. The molecule has 0 unspecified atom stereocenters. The fourth-order valence-corrected chi connectivity index (χ4v) is 7.95. The minimum atomic E-state index is -0.748. The summed E-state index contributed by atoms with van der Waals surface area (Å²) in [6.45, 7) is 2.37. The van der Waals surface area contributed by atoms with Crippen molar-refractivity contribution in [2.75, 3.05) is 11.9 Å². The summed E-state index contributed by atoms with van der Waals surface area (Å²) in [4.78, 5) is 38.5. The number of aromatic amines is 1. The average Bonchev–Trinajstić information content (AvgIpc) is 3.86. The lowest BCUT2D eigenvalue weighted by atomic mass is 9.93. The normalized spacial score (nSPS) is 16.0. The van der Waals surface area contributed by atoms with Crippen LogP contribution in [-0.4, -0.2) is 37.5 Å². The van der Waals surface area contributed by atoms with Crippen molar-refractivity contribution in [2.24, 2.45) is 0 Å². The molecule has 1 saturated heterocycles. The van der Waals surface area contributed by atoms with Crippen LogP contribution in [0, 0.1) is 17.5 Å². The average molecular weight is 669 g/mol. The Hall–Kier alpha value is -5.30. The van der Waals surface area contributed by atoms with E-state index in [1.807, 2.05) is 17.0 Å². The first-order valence-electron chi connectivity index (χ1n) is 15.5. The van der Waals surface area contributed by atoms with Crippen molar-refractivity contribution >= 4 is 33.1 Å². The number of hydrogen-bond acceptors (Lipinski definition) is 8. The number of carbonyl (C=O) groups is 1. The van der Waals surface area contributed by atoms with Crippen molar-refractivity contribution in [3.63, 3.8) is 0 Å². The topological polar surface area (TPSA) is 117 Å². The van der Waals surface area contributed by atoms with E-state index < -0.39 is 23.4 Å². The second-order valence-corrected chi connectivity index (χ2v) is 13.0. The van der Waals surface area contributed by atoms with Gasteiger partial charge in [0, 0.05) is 34.8 Å². The maximum Gasteiger partial charge on any atom is 0.434 e. The third-order valence-corrected chi connectivity index (χ3v) is 10.2. The van der Waals surface area contributed by atoms with E-state index in [0.717, 1.165) is 34.6 Å². The highest BCUT2D eigenvalue weighted by Crippen LogP contribution is 2.50. The van der Waals surface area contributed by atoms with E-state index in [4.69, 9.17) is 9.40 Å². The standard InChI is InChI=1S/C35H27F3N6O3S/c1-17(22-10-9-21(37)16-23(22)38)40-32-31-19(12-13-39-32)15-26(48-31)28-27(33-42-43-35(46)47-33)24(11-6-18-4-7-20(36)8-5-18)41-30-25-3-2-14-44(25)34(45)29(28)30/h4-5,7-10,12-13,15-17,25H,2-3,6,11,14H2,1H3,(H,39,40)(H,43,46)/t17-,25-/m0/s1. The smallest absolute Gasteiger partial charge is 0.388 e. The Labute approximate surface area is 275 Å². The van der Waals surface area contributed by atoms with Gasteiger partial charge in [0.05, 0.1) is 39.3 Å². The molecule has 0 aliphatic carbocycles. The summed E-state index contributed by atoms with van der Waals surface area (Å²) >= 11 is 1.38. The molecule has 2 atom stereocenters. The van der Waals surface area contributed by atoms with Crippen molar-refractivity contribution in [2.45, 2.75) is 44.7 Å². The van der Waals surface area contributed by atoms with Gasteiger partial charge in [0.1, 0.15) is 23.3 Å². The Balaban J connectivity index is 1.30. The zero-order valence-electron chi connectivity index (χ0n) is 25.5. The predicted molar refractivity (Wildman–Crippen MR) is 174 cm³/mol. The zero-order valence-corrected chi connectivity index (χ0v) is 26.3. The number of amides is 1. The van der Waals surface area contributed by atoms with Gasteiger partial charge in [-0.25, -0.2) is 28.0 Å². The maximum absolute atomic E-state index is 14.6. The highest BCUT2D eigenvalue weighted by molar-refractivity contribution is 7.23. The van der Waals surface area contributed by atoms with Crippen LogP contribution in [0.4, 0.5) is 19.0 Å². The summed E-state index contributed by atoms with van der Waals surface area (Å²) in [5.74, 6) is -2.06. The van der Waals surface area contributed by atoms with Crippen molar-refractivity contribution in [3.8, 4) is 21.9 Å². The monoisotopic (exact) mass is 668 g/mol. The van der Waals surface area contributed by atoms with Crippen molar-refractivity contribution in [1.29, 1.82) is 0 Å². The number of thiophene rings is 1. The molecular weight excluding hydrogens is 641 g/mol. The predicted octanol–water partition coefficient (Wildman–Crippen LogP) is 7.37. The number of aryl methyl sites for hydroxylation is 2. The van der Waals surface area contributed by atoms with Crippen LogP contribution in [0.5, 0.6) is 0 Å². The Kier molecular flexibility index (Phi) is 7.35. The number of aromatic nitrogens is 4. The molecule has 9 nitrogen and oxygen atoms in total. The largest absolute Gasteiger partial charge is 0.434 e. The number of H-pyrrole nitrogens is 1. The van der Waals surface area contributed by atoms with Gasteiger partial charge in [-0.05, 0) is 73.9 Å². The maximum atomic E-state index is 14.6. The molecule has 2 aliphatic heterocycles. The lowest BCUT2D eigenvalue weighted by Gasteiger charge is -2.16. The van der Waals surface area contributed by atoms with Gasteiger partial charge < -0.3 is 14.6 Å². The first-order chi connectivity index (χ1) is 23.2. The van der Waals surface area contributed by atoms with Gasteiger partial charge in [-0.15, -0.1) is 16.4 Å². The molecule has 8 rings (SSSR count). The van der Waals surface area contributed by atoms with E-state index >= 15 is 0 Å². The van der Waals surface area contributed by atoms with E-state index in [9.17, 15) is 22.8 Å². The number of carbonyl (C=O) groups excluding carboxylic acids is 1. The van der Waals surface area contributed by atoms with Crippen LogP contribution in [0.1, 0.15) is 64.7 Å². The fourth-order valence-electron chi connectivity index (χ4n) is 6.78. The highest BCUT2D eigenvalue weighted by atomic mass is 32.1. The van der Waals surface area contributed by atoms with Gasteiger partial charge in [-0.3, -0.25) is 9.78 Å². The summed E-state index contributed by atoms with van der Waals surface area (Å²) in [7, 11) is 0. The second-order valence-electron chi connectivity index (χ2n) is 12.0. The molecule has 1 fully saturated rings. The number of benzene rings is 2. The molecule has 2 aliphatic rings. The minimum absolute atomic E-state index is 0.00797. The molecular formula is C35H27F3N6O3S. The number of hydrogen-bond donors (Lipinski definition) is 2. The third-order valence-electron chi connectivity index (χ3n) is 9.02. The summed E-state index contributed by atoms with van der Waals surface area (Å²) in [5, 5.41) is 10.6. The quantitative estimate of drug-likeness (QED) is 0.174. The number of nitrogens with one attached hydrogen (secondary N) is 2. The van der Waals surface area contributed by atoms with E-state index in [1.54, 1.807) is 25.3 Å². The van der Waals surface area contributed by atoms with Crippen LogP contribution in [-0.2, 0) is 12.8 Å². The summed E-state index contributed by atoms with van der Waals surface area (Å²) < 4.78 is 48.2. The molecule has 4 aromatic heterocycles. The Morgan fingerprint density at radius 1 is 1.02 bits per heavy atom. The molecule has 2 N–H and O–H groups in total. The first kappa shape index (κ1) is 30.1. The number of halogens is 3. The lowest BCUT2D eigenvalue weighted by Crippen LogP contribution is -2.22. The molecule has 0 bridgehead atoms. The summed E-state index contributed by atoms with van der Waals surface area (Å²) in [6.07, 6.45) is 4.19. The Bertz CT molecular complexity index is 2280. The number of anilines is 1. The second kappa shape index (κ2) is 11.7. The van der Waals surface area contributed by atoms with Crippen LogP contribution in [0.2, 0.25) is 0 Å². The van der Waals surface area contributed by atoms with Crippen LogP contribution >= 0.6 is 11.3 Å². The van der Waals surface area contributed by atoms with Crippen molar-refractivity contribution in [3.05, 3.63) is 117 Å². The fraction of sp³-hybridized carbons (Fsp3) is 0.229. The molecule has 6 heterocycles. The van der Waals surface area contributed by atoms with Gasteiger partial charge in [0.2, 0.25) is 0 Å². The SMILES string of the molecule is C[C@H](Nc1nccc2cc(-c3c4c(nc(CCc5ccc(F)cc5)c3-c3n[nH]c(=O)o3)[C@@H]3CCCN3C4=O)sc12)c1ccc(F)cc1F. The molecule has 1 amide bonds. The minimum Gasteiger partial charge on any atom is -0.388 e. The number of pyridine rings is 2. The molecule has 6 aromatic rings. The van der Waals surface area contributed by atoms with E-state index in [0.29, 0.717) is 58.2 Å². The van der Waals surface area contributed by atoms with Crippen molar-refractivity contribution in [1.82, 2.24) is 25.1 Å². The molecule has 0 radical (unpaired) electrons. The number of nitrogens with zero attached hydrogens (tertiary/aromatic N) is 4. The summed E-state index contributed by atoms with van der Waals surface area (Å²) in [5.41, 5.74) is 3.89. The molecule has 0 spiro atoms. The van der Waals surface area contributed by atoms with E-state index in [-0.39, 0.29) is 29.2 Å². The lowest BCUT2D eigenvalue weighted by molar-refractivity contribution is 0.0776. The van der Waals surface area contributed by atoms with Crippen molar-refractivity contribution < 1.29 is 22.4 Å². The van der Waals surface area contributed by atoms with Crippen LogP contribution in [0.15, 0.2) is 70.0 Å². The molecule has 242 valence electrons. The van der Waals surface area contributed by atoms with Gasteiger partial charge in [-0.2, -0.15) is 0 Å². The number of fused-ring (bicyclic) bond motifs is 4. The zero-order chi connectivity index (χ0) is 33.1. The Morgan fingerprint density at radius 3 is 2.60 bits per heavy atom. The first-order valence-corrected chi connectivity index (χ1v) is 16.3. The molecule has 13 heteroatoms. The van der Waals surface area contributed by atoms with Gasteiger partial charge in [-0.1, -0.05) is 18.2 Å². The van der Waals surface area contributed by atoms with Crippen LogP contribution in [0.25, 0.3) is 32.0 Å². The molecule has 48 heavy (non-hydrogen) atoms. The van der Waals surface area contributed by atoms with E-state index in [2.05, 4.69) is 20.5 Å².